The fourth-order valence-electron chi connectivity index (χ4n) is 3.61. The van der Waals surface area contributed by atoms with Gasteiger partial charge in [-0.2, -0.15) is 0 Å². The molecular formula is C19H28N2O3. The van der Waals surface area contributed by atoms with Crippen molar-refractivity contribution >= 4 is 11.9 Å². The van der Waals surface area contributed by atoms with E-state index >= 15 is 0 Å². The number of benzene rings is 1. The third-order valence-corrected chi connectivity index (χ3v) is 5.30. The van der Waals surface area contributed by atoms with Gasteiger partial charge in [0, 0.05) is 5.92 Å². The van der Waals surface area contributed by atoms with E-state index in [1.165, 1.54) is 7.11 Å². The lowest BCUT2D eigenvalue weighted by atomic mass is 9.72. The second-order valence-corrected chi connectivity index (χ2v) is 6.58. The molecule has 0 radical (unpaired) electrons. The fraction of sp³-hybridized carbons (Fsp3) is 0.579. The third-order valence-electron chi connectivity index (χ3n) is 5.30. The molecule has 132 valence electrons. The summed E-state index contributed by atoms with van der Waals surface area (Å²) in [6.07, 6.45) is 3.02. The number of methoxy groups -OCH3 is 1. The molecule has 24 heavy (non-hydrogen) atoms. The number of carbonyl (C=O) groups excluding carboxylic acids is 2. The van der Waals surface area contributed by atoms with Crippen LogP contribution in [-0.2, 0) is 19.7 Å². The zero-order chi connectivity index (χ0) is 17.6. The number of rotatable bonds is 7. The molecule has 1 heterocycles. The smallest absolute Gasteiger partial charge is 0.316 e. The number of hydrogen-bond donors (Lipinski definition) is 1. The summed E-state index contributed by atoms with van der Waals surface area (Å²) in [5, 5.41) is 0. The number of carbonyl (C=O) groups is 2. The van der Waals surface area contributed by atoms with E-state index in [0.717, 1.165) is 50.9 Å². The number of piperidine rings is 1. The number of amides is 1. The molecule has 5 nitrogen and oxygen atoms in total. The first kappa shape index (κ1) is 18.5. The Morgan fingerprint density at radius 1 is 1.25 bits per heavy atom. The molecule has 1 atom stereocenters. The van der Waals surface area contributed by atoms with Crippen LogP contribution in [0.15, 0.2) is 30.3 Å². The topological polar surface area (TPSA) is 72.6 Å². The van der Waals surface area contributed by atoms with Gasteiger partial charge in [-0.05, 0) is 50.9 Å². The first-order chi connectivity index (χ1) is 11.5. The SMILES string of the molecule is CCC(CCN1CCC(C(=O)OC)(c2ccccc2)CC1)C(N)=O. The number of esters is 1. The molecular weight excluding hydrogens is 304 g/mol. The van der Waals surface area contributed by atoms with Crippen LogP contribution >= 0.6 is 0 Å². The minimum Gasteiger partial charge on any atom is -0.468 e. The van der Waals surface area contributed by atoms with Gasteiger partial charge < -0.3 is 15.4 Å². The Morgan fingerprint density at radius 2 is 1.88 bits per heavy atom. The highest BCUT2D eigenvalue weighted by Gasteiger charge is 2.43. The summed E-state index contributed by atoms with van der Waals surface area (Å²) in [5.41, 5.74) is 5.89. The Bertz CT molecular complexity index is 551. The van der Waals surface area contributed by atoms with Crippen molar-refractivity contribution in [2.75, 3.05) is 26.7 Å². The average molecular weight is 332 g/mol. The molecule has 5 heteroatoms. The van der Waals surface area contributed by atoms with E-state index in [4.69, 9.17) is 10.5 Å². The van der Waals surface area contributed by atoms with Gasteiger partial charge in [0.05, 0.1) is 12.5 Å². The van der Waals surface area contributed by atoms with Crippen molar-refractivity contribution in [3.8, 4) is 0 Å². The largest absolute Gasteiger partial charge is 0.468 e. The first-order valence-corrected chi connectivity index (χ1v) is 8.69. The first-order valence-electron chi connectivity index (χ1n) is 8.69. The van der Waals surface area contributed by atoms with Crippen molar-refractivity contribution in [2.24, 2.45) is 11.7 Å². The molecule has 1 amide bonds. The molecule has 1 aliphatic heterocycles. The van der Waals surface area contributed by atoms with Crippen molar-refractivity contribution in [2.45, 2.75) is 38.0 Å². The van der Waals surface area contributed by atoms with Crippen LogP contribution < -0.4 is 5.73 Å². The zero-order valence-corrected chi connectivity index (χ0v) is 14.7. The Morgan fingerprint density at radius 3 is 2.38 bits per heavy atom. The molecule has 1 saturated heterocycles. The number of primary amides is 1. The van der Waals surface area contributed by atoms with Crippen molar-refractivity contribution in [3.63, 3.8) is 0 Å². The van der Waals surface area contributed by atoms with Crippen molar-refractivity contribution in [1.29, 1.82) is 0 Å². The van der Waals surface area contributed by atoms with Gasteiger partial charge in [0.25, 0.3) is 0 Å². The van der Waals surface area contributed by atoms with Crippen LogP contribution in [0.4, 0.5) is 0 Å². The molecule has 1 unspecified atom stereocenters. The van der Waals surface area contributed by atoms with Gasteiger partial charge >= 0.3 is 5.97 Å². The monoisotopic (exact) mass is 332 g/mol. The van der Waals surface area contributed by atoms with Crippen LogP contribution in [0.1, 0.15) is 38.2 Å². The minimum atomic E-state index is -0.555. The summed E-state index contributed by atoms with van der Waals surface area (Å²) < 4.78 is 5.11. The summed E-state index contributed by atoms with van der Waals surface area (Å²) in [6, 6.07) is 9.90. The van der Waals surface area contributed by atoms with Crippen LogP contribution in [0, 0.1) is 5.92 Å². The lowest BCUT2D eigenvalue weighted by Crippen LogP contribution is -2.48. The van der Waals surface area contributed by atoms with E-state index in [1.54, 1.807) is 0 Å². The summed E-state index contributed by atoms with van der Waals surface area (Å²) in [6.45, 7) is 4.47. The zero-order valence-electron chi connectivity index (χ0n) is 14.7. The molecule has 0 bridgehead atoms. The quantitative estimate of drug-likeness (QED) is 0.776. The average Bonchev–Trinajstić information content (AvgIpc) is 2.62. The van der Waals surface area contributed by atoms with Crippen LogP contribution in [0.3, 0.4) is 0 Å². The molecule has 0 aromatic heterocycles. The molecule has 0 spiro atoms. The van der Waals surface area contributed by atoms with E-state index in [0.29, 0.717) is 0 Å². The van der Waals surface area contributed by atoms with E-state index in [1.807, 2.05) is 37.3 Å². The number of nitrogens with zero attached hydrogens (tertiary/aromatic N) is 1. The van der Waals surface area contributed by atoms with Gasteiger partial charge in [0.2, 0.25) is 5.91 Å². The molecule has 1 aliphatic rings. The highest BCUT2D eigenvalue weighted by molar-refractivity contribution is 5.83. The highest BCUT2D eigenvalue weighted by atomic mass is 16.5. The van der Waals surface area contributed by atoms with Crippen molar-refractivity contribution in [1.82, 2.24) is 4.90 Å². The van der Waals surface area contributed by atoms with Gasteiger partial charge in [-0.1, -0.05) is 37.3 Å². The second-order valence-electron chi connectivity index (χ2n) is 6.58. The maximum absolute atomic E-state index is 12.5. The summed E-state index contributed by atoms with van der Waals surface area (Å²) in [5.74, 6) is -0.439. The molecule has 0 aliphatic carbocycles. The van der Waals surface area contributed by atoms with E-state index < -0.39 is 5.41 Å². The number of hydrogen-bond acceptors (Lipinski definition) is 4. The molecule has 0 saturated carbocycles. The van der Waals surface area contributed by atoms with E-state index in [2.05, 4.69) is 4.90 Å². The third kappa shape index (κ3) is 3.96. The summed E-state index contributed by atoms with van der Waals surface area (Å²) >= 11 is 0. The van der Waals surface area contributed by atoms with Gasteiger partial charge in [-0.25, -0.2) is 0 Å². The fourth-order valence-corrected chi connectivity index (χ4v) is 3.61. The van der Waals surface area contributed by atoms with Gasteiger partial charge in [0.1, 0.15) is 0 Å². The lowest BCUT2D eigenvalue weighted by molar-refractivity contribution is -0.149. The highest BCUT2D eigenvalue weighted by Crippen LogP contribution is 2.36. The van der Waals surface area contributed by atoms with Gasteiger partial charge in [0.15, 0.2) is 0 Å². The Balaban J connectivity index is 2.02. The van der Waals surface area contributed by atoms with Crippen LogP contribution in [0.25, 0.3) is 0 Å². The Hall–Kier alpha value is -1.88. The van der Waals surface area contributed by atoms with E-state index in [-0.39, 0.29) is 17.8 Å². The van der Waals surface area contributed by atoms with Crippen molar-refractivity contribution in [3.05, 3.63) is 35.9 Å². The standard InChI is InChI=1S/C19H28N2O3/c1-3-15(17(20)22)9-12-21-13-10-19(11-14-21,18(23)24-2)16-7-5-4-6-8-16/h4-8,15H,3,9-14H2,1-2H3,(H2,20,22). The van der Waals surface area contributed by atoms with Crippen LogP contribution in [-0.4, -0.2) is 43.5 Å². The number of ether oxygens (including phenoxy) is 1. The molecule has 1 aromatic rings. The van der Waals surface area contributed by atoms with Crippen LogP contribution in [0.5, 0.6) is 0 Å². The molecule has 2 N–H and O–H groups in total. The molecule has 1 fully saturated rings. The predicted octanol–water partition coefficient (Wildman–Crippen LogP) is 2.09. The maximum atomic E-state index is 12.5. The van der Waals surface area contributed by atoms with Gasteiger partial charge in [-0.15, -0.1) is 0 Å². The van der Waals surface area contributed by atoms with Crippen LogP contribution in [0.2, 0.25) is 0 Å². The van der Waals surface area contributed by atoms with Crippen molar-refractivity contribution < 1.29 is 14.3 Å². The normalized spacial score (nSPS) is 18.8. The summed E-state index contributed by atoms with van der Waals surface area (Å²) in [7, 11) is 1.46. The van der Waals surface area contributed by atoms with E-state index in [9.17, 15) is 9.59 Å². The van der Waals surface area contributed by atoms with Gasteiger partial charge in [-0.3, -0.25) is 9.59 Å². The maximum Gasteiger partial charge on any atom is 0.316 e. The summed E-state index contributed by atoms with van der Waals surface area (Å²) in [4.78, 5) is 26.2. The lowest BCUT2D eigenvalue weighted by Gasteiger charge is -2.40. The number of likely N-dealkylation sites (tertiary alicyclic amines) is 1. The molecule has 2 rings (SSSR count). The second kappa shape index (κ2) is 8.29. The number of nitrogens with two attached hydrogens (primary N) is 1. The minimum absolute atomic E-state index is 0.0635. The molecule has 1 aromatic carbocycles. The Labute approximate surface area is 144 Å². The Kier molecular flexibility index (Phi) is 6.37. The predicted molar refractivity (Wildman–Crippen MR) is 93.4 cm³/mol.